The number of ether oxygens (including phenoxy) is 3. The standard InChI is InChI=1S/C21H29NO3/c1-3-23-15-9-14-22-16-19-12-8-13-20(24-4-2)21(19)25-17-18-10-6-5-7-11-18/h5-8,10-13,22H,3-4,9,14-17H2,1-2H3. The van der Waals surface area contributed by atoms with E-state index in [0.29, 0.717) is 13.2 Å². The highest BCUT2D eigenvalue weighted by Gasteiger charge is 2.11. The summed E-state index contributed by atoms with van der Waals surface area (Å²) >= 11 is 0. The maximum Gasteiger partial charge on any atom is 0.166 e. The van der Waals surface area contributed by atoms with Crippen LogP contribution in [0.15, 0.2) is 48.5 Å². The molecule has 0 radical (unpaired) electrons. The molecular weight excluding hydrogens is 314 g/mol. The van der Waals surface area contributed by atoms with Gasteiger partial charge in [0.25, 0.3) is 0 Å². The summed E-state index contributed by atoms with van der Waals surface area (Å²) in [5.41, 5.74) is 2.25. The summed E-state index contributed by atoms with van der Waals surface area (Å²) < 4.78 is 17.2. The lowest BCUT2D eigenvalue weighted by Gasteiger charge is -2.16. The lowest BCUT2D eigenvalue weighted by Crippen LogP contribution is -2.17. The average molecular weight is 343 g/mol. The van der Waals surface area contributed by atoms with Crippen molar-refractivity contribution in [2.75, 3.05) is 26.4 Å². The third-order valence-electron chi connectivity index (χ3n) is 3.75. The van der Waals surface area contributed by atoms with Crippen LogP contribution in [0.2, 0.25) is 0 Å². The fourth-order valence-corrected chi connectivity index (χ4v) is 2.53. The van der Waals surface area contributed by atoms with Crippen molar-refractivity contribution in [3.8, 4) is 11.5 Å². The van der Waals surface area contributed by atoms with Crippen LogP contribution in [0.25, 0.3) is 0 Å². The molecule has 4 nitrogen and oxygen atoms in total. The van der Waals surface area contributed by atoms with Crippen molar-refractivity contribution in [2.24, 2.45) is 0 Å². The first-order chi connectivity index (χ1) is 12.3. The zero-order valence-corrected chi connectivity index (χ0v) is 15.3. The van der Waals surface area contributed by atoms with Gasteiger partial charge in [-0.05, 0) is 38.4 Å². The molecule has 2 aromatic carbocycles. The predicted molar refractivity (Wildman–Crippen MR) is 101 cm³/mol. The van der Waals surface area contributed by atoms with Gasteiger partial charge in [0.1, 0.15) is 6.61 Å². The van der Waals surface area contributed by atoms with E-state index in [2.05, 4.69) is 23.5 Å². The third kappa shape index (κ3) is 6.77. The van der Waals surface area contributed by atoms with Crippen LogP contribution >= 0.6 is 0 Å². The van der Waals surface area contributed by atoms with Gasteiger partial charge in [0.05, 0.1) is 6.61 Å². The van der Waals surface area contributed by atoms with E-state index in [1.165, 1.54) is 0 Å². The van der Waals surface area contributed by atoms with Gasteiger partial charge in [-0.25, -0.2) is 0 Å². The van der Waals surface area contributed by atoms with E-state index in [1.54, 1.807) is 0 Å². The molecule has 4 heteroatoms. The van der Waals surface area contributed by atoms with Gasteiger partial charge in [0.15, 0.2) is 11.5 Å². The number of hydrogen-bond acceptors (Lipinski definition) is 4. The molecule has 0 fully saturated rings. The Kier molecular flexibility index (Phi) is 8.87. The highest BCUT2D eigenvalue weighted by molar-refractivity contribution is 5.46. The van der Waals surface area contributed by atoms with Crippen LogP contribution in [0.3, 0.4) is 0 Å². The molecule has 0 aliphatic carbocycles. The molecule has 2 rings (SSSR count). The smallest absolute Gasteiger partial charge is 0.166 e. The summed E-state index contributed by atoms with van der Waals surface area (Å²) in [6.07, 6.45) is 0.999. The second kappa shape index (κ2) is 11.5. The Hall–Kier alpha value is -2.04. The quantitative estimate of drug-likeness (QED) is 0.587. The predicted octanol–water partition coefficient (Wildman–Crippen LogP) is 4.18. The highest BCUT2D eigenvalue weighted by Crippen LogP contribution is 2.32. The van der Waals surface area contributed by atoms with Crippen molar-refractivity contribution in [2.45, 2.75) is 33.4 Å². The van der Waals surface area contributed by atoms with Crippen molar-refractivity contribution in [1.29, 1.82) is 0 Å². The molecule has 0 saturated carbocycles. The normalized spacial score (nSPS) is 10.6. The molecule has 0 aliphatic heterocycles. The lowest BCUT2D eigenvalue weighted by molar-refractivity contribution is 0.144. The molecule has 0 saturated heterocycles. The molecule has 2 aromatic rings. The molecule has 0 heterocycles. The van der Waals surface area contributed by atoms with E-state index in [9.17, 15) is 0 Å². The van der Waals surface area contributed by atoms with E-state index < -0.39 is 0 Å². The second-order valence-electron chi connectivity index (χ2n) is 5.68. The fraction of sp³-hybridized carbons (Fsp3) is 0.429. The number of benzene rings is 2. The van der Waals surface area contributed by atoms with Crippen LogP contribution in [0.1, 0.15) is 31.4 Å². The van der Waals surface area contributed by atoms with Crippen molar-refractivity contribution < 1.29 is 14.2 Å². The van der Waals surface area contributed by atoms with Gasteiger partial charge in [-0.2, -0.15) is 0 Å². The number of hydrogen-bond donors (Lipinski definition) is 1. The van der Waals surface area contributed by atoms with E-state index in [-0.39, 0.29) is 0 Å². The lowest BCUT2D eigenvalue weighted by atomic mass is 10.1. The molecule has 0 bridgehead atoms. The Morgan fingerprint density at radius 3 is 2.48 bits per heavy atom. The van der Waals surface area contributed by atoms with Crippen molar-refractivity contribution in [3.05, 3.63) is 59.7 Å². The number of nitrogens with one attached hydrogen (secondary N) is 1. The van der Waals surface area contributed by atoms with Crippen LogP contribution in [0.5, 0.6) is 11.5 Å². The minimum absolute atomic E-state index is 0.530. The average Bonchev–Trinajstić information content (AvgIpc) is 2.65. The minimum atomic E-state index is 0.530. The molecule has 0 aromatic heterocycles. The van der Waals surface area contributed by atoms with Crippen LogP contribution in [0.4, 0.5) is 0 Å². The monoisotopic (exact) mass is 343 g/mol. The first-order valence-corrected chi connectivity index (χ1v) is 9.05. The van der Waals surface area contributed by atoms with Crippen LogP contribution < -0.4 is 14.8 Å². The summed E-state index contributed by atoms with van der Waals surface area (Å²) in [5, 5.41) is 3.45. The molecule has 0 amide bonds. The maximum atomic E-state index is 6.11. The van der Waals surface area contributed by atoms with Gasteiger partial charge in [0.2, 0.25) is 0 Å². The fourth-order valence-electron chi connectivity index (χ4n) is 2.53. The minimum Gasteiger partial charge on any atom is -0.490 e. The van der Waals surface area contributed by atoms with E-state index in [0.717, 1.165) is 55.4 Å². The third-order valence-corrected chi connectivity index (χ3v) is 3.75. The molecule has 1 N–H and O–H groups in total. The van der Waals surface area contributed by atoms with E-state index in [4.69, 9.17) is 14.2 Å². The van der Waals surface area contributed by atoms with Gasteiger partial charge in [0, 0.05) is 25.3 Å². The number of para-hydroxylation sites is 1. The van der Waals surface area contributed by atoms with Crippen LogP contribution in [-0.2, 0) is 17.9 Å². The van der Waals surface area contributed by atoms with Gasteiger partial charge >= 0.3 is 0 Å². The number of rotatable bonds is 12. The summed E-state index contributed by atoms with van der Waals surface area (Å²) in [4.78, 5) is 0. The maximum absolute atomic E-state index is 6.11. The molecule has 25 heavy (non-hydrogen) atoms. The topological polar surface area (TPSA) is 39.7 Å². The van der Waals surface area contributed by atoms with Crippen LogP contribution in [-0.4, -0.2) is 26.4 Å². The SMILES string of the molecule is CCOCCCNCc1cccc(OCC)c1OCc1ccccc1. The van der Waals surface area contributed by atoms with E-state index >= 15 is 0 Å². The van der Waals surface area contributed by atoms with Crippen LogP contribution in [0, 0.1) is 0 Å². The highest BCUT2D eigenvalue weighted by atomic mass is 16.5. The van der Waals surface area contributed by atoms with Gasteiger partial charge in [-0.3, -0.25) is 0 Å². The van der Waals surface area contributed by atoms with Crippen molar-refractivity contribution in [3.63, 3.8) is 0 Å². The van der Waals surface area contributed by atoms with Crippen molar-refractivity contribution >= 4 is 0 Å². The largest absolute Gasteiger partial charge is 0.490 e. The van der Waals surface area contributed by atoms with Gasteiger partial charge < -0.3 is 19.5 Å². The van der Waals surface area contributed by atoms with E-state index in [1.807, 2.05) is 44.2 Å². The Bertz CT molecular complexity index is 601. The summed E-state index contributed by atoms with van der Waals surface area (Å²) in [6.45, 7) is 8.37. The zero-order chi connectivity index (χ0) is 17.7. The second-order valence-corrected chi connectivity index (χ2v) is 5.68. The molecule has 0 aliphatic rings. The molecular formula is C21H29NO3. The Morgan fingerprint density at radius 1 is 0.880 bits per heavy atom. The first-order valence-electron chi connectivity index (χ1n) is 9.05. The molecule has 136 valence electrons. The zero-order valence-electron chi connectivity index (χ0n) is 15.3. The van der Waals surface area contributed by atoms with Crippen molar-refractivity contribution in [1.82, 2.24) is 5.32 Å². The summed E-state index contributed by atoms with van der Waals surface area (Å²) in [6, 6.07) is 16.2. The first kappa shape index (κ1) is 19.3. The van der Waals surface area contributed by atoms with Gasteiger partial charge in [-0.1, -0.05) is 42.5 Å². The molecule has 0 spiro atoms. The van der Waals surface area contributed by atoms with Gasteiger partial charge in [-0.15, -0.1) is 0 Å². The molecule has 0 unspecified atom stereocenters. The Morgan fingerprint density at radius 2 is 1.72 bits per heavy atom. The molecule has 0 atom stereocenters. The summed E-state index contributed by atoms with van der Waals surface area (Å²) in [5.74, 6) is 1.62. The summed E-state index contributed by atoms with van der Waals surface area (Å²) in [7, 11) is 0. The Labute approximate surface area is 151 Å². The Balaban J connectivity index is 1.98.